The van der Waals surface area contributed by atoms with Gasteiger partial charge in [-0.05, 0) is 42.0 Å². The maximum Gasteiger partial charge on any atom is 0.234 e. The van der Waals surface area contributed by atoms with Gasteiger partial charge >= 0.3 is 0 Å². The lowest BCUT2D eigenvalue weighted by Crippen LogP contribution is -2.14. The summed E-state index contributed by atoms with van der Waals surface area (Å²) in [4.78, 5) is 12.1. The first-order valence-electron chi connectivity index (χ1n) is 8.24. The Morgan fingerprint density at radius 1 is 1.15 bits per heavy atom. The highest BCUT2D eigenvalue weighted by Crippen LogP contribution is 2.20. The zero-order valence-electron chi connectivity index (χ0n) is 15.0. The van der Waals surface area contributed by atoms with Crippen molar-refractivity contribution < 1.29 is 9.53 Å². The fourth-order valence-electron chi connectivity index (χ4n) is 2.41. The molecule has 3 aromatic rings. The highest BCUT2D eigenvalue weighted by molar-refractivity contribution is 9.10. The first-order valence-corrected chi connectivity index (χ1v) is 10.0. The van der Waals surface area contributed by atoms with Gasteiger partial charge in [0.2, 0.25) is 5.91 Å². The Balaban J connectivity index is 1.56. The molecule has 0 aliphatic carbocycles. The monoisotopic (exact) mass is 446 g/mol. The van der Waals surface area contributed by atoms with E-state index in [9.17, 15) is 4.79 Å². The first kappa shape index (κ1) is 19.4. The van der Waals surface area contributed by atoms with Crippen LogP contribution in [0.15, 0.2) is 58.2 Å². The van der Waals surface area contributed by atoms with Gasteiger partial charge in [0.1, 0.15) is 11.6 Å². The minimum Gasteiger partial charge on any atom is -0.497 e. The molecule has 0 aliphatic heterocycles. The molecule has 27 heavy (non-hydrogen) atoms. The Kier molecular flexibility index (Phi) is 6.52. The van der Waals surface area contributed by atoms with E-state index >= 15 is 0 Å². The zero-order valence-corrected chi connectivity index (χ0v) is 17.4. The summed E-state index contributed by atoms with van der Waals surface area (Å²) in [5.74, 6) is 1.85. The molecule has 8 heteroatoms. The Hall–Kier alpha value is -2.32. The van der Waals surface area contributed by atoms with E-state index in [2.05, 4.69) is 31.4 Å². The molecule has 0 aliphatic rings. The Labute approximate surface area is 170 Å². The molecule has 0 saturated carbocycles. The van der Waals surface area contributed by atoms with Gasteiger partial charge in [-0.25, -0.2) is 0 Å². The number of hydrogen-bond acceptors (Lipinski definition) is 5. The van der Waals surface area contributed by atoms with E-state index in [4.69, 9.17) is 4.74 Å². The lowest BCUT2D eigenvalue weighted by Gasteiger charge is -2.06. The summed E-state index contributed by atoms with van der Waals surface area (Å²) in [5, 5.41) is 12.0. The molecule has 1 heterocycles. The van der Waals surface area contributed by atoms with Crippen LogP contribution in [0, 0.1) is 0 Å². The number of anilines is 1. The number of halogens is 1. The third-order valence-electron chi connectivity index (χ3n) is 3.91. The molecule has 3 rings (SSSR count). The molecule has 0 unspecified atom stereocenters. The predicted molar refractivity (Wildman–Crippen MR) is 110 cm³/mol. The van der Waals surface area contributed by atoms with E-state index in [1.807, 2.05) is 60.1 Å². The summed E-state index contributed by atoms with van der Waals surface area (Å²) in [6.07, 6.45) is 0.666. The van der Waals surface area contributed by atoms with Gasteiger partial charge in [0, 0.05) is 23.6 Å². The van der Waals surface area contributed by atoms with Gasteiger partial charge in [-0.15, -0.1) is 10.2 Å². The molecule has 0 bridgehead atoms. The first-order chi connectivity index (χ1) is 13.0. The number of nitrogens with one attached hydrogen (secondary N) is 1. The van der Waals surface area contributed by atoms with Crippen molar-refractivity contribution in [2.75, 3.05) is 18.2 Å². The predicted octanol–water partition coefficient (Wildman–Crippen LogP) is 3.91. The lowest BCUT2D eigenvalue weighted by atomic mass is 10.1. The van der Waals surface area contributed by atoms with E-state index in [1.165, 1.54) is 11.8 Å². The van der Waals surface area contributed by atoms with Crippen molar-refractivity contribution in [1.29, 1.82) is 0 Å². The van der Waals surface area contributed by atoms with Gasteiger partial charge in [0.05, 0.1) is 12.9 Å². The fraction of sp³-hybridized carbons (Fsp3) is 0.211. The lowest BCUT2D eigenvalue weighted by molar-refractivity contribution is -0.113. The molecule has 1 N–H and O–H groups in total. The summed E-state index contributed by atoms with van der Waals surface area (Å²) < 4.78 is 8.06. The summed E-state index contributed by atoms with van der Waals surface area (Å²) in [5.41, 5.74) is 1.89. The Morgan fingerprint density at radius 3 is 2.52 bits per heavy atom. The van der Waals surface area contributed by atoms with Gasteiger partial charge in [-0.3, -0.25) is 4.79 Å². The van der Waals surface area contributed by atoms with E-state index in [0.29, 0.717) is 11.6 Å². The molecule has 2 aromatic carbocycles. The smallest absolute Gasteiger partial charge is 0.234 e. The molecule has 0 spiro atoms. The number of benzene rings is 2. The molecule has 140 valence electrons. The van der Waals surface area contributed by atoms with E-state index < -0.39 is 0 Å². The van der Waals surface area contributed by atoms with Crippen LogP contribution in [0.2, 0.25) is 0 Å². The molecule has 6 nitrogen and oxygen atoms in total. The maximum absolute atomic E-state index is 12.1. The molecular formula is C19H19BrN4O2S. The van der Waals surface area contributed by atoms with Crippen molar-refractivity contribution in [1.82, 2.24) is 14.8 Å². The van der Waals surface area contributed by atoms with E-state index in [0.717, 1.165) is 27.3 Å². The number of rotatable bonds is 7. The number of carbonyl (C=O) groups is 1. The topological polar surface area (TPSA) is 69.0 Å². The second-order valence-electron chi connectivity index (χ2n) is 5.83. The third-order valence-corrected chi connectivity index (χ3v) is 5.46. The number of carbonyl (C=O) groups excluding carboxylic acids is 1. The highest BCUT2D eigenvalue weighted by atomic mass is 79.9. The highest BCUT2D eigenvalue weighted by Gasteiger charge is 2.12. The van der Waals surface area contributed by atoms with Crippen molar-refractivity contribution in [3.8, 4) is 5.75 Å². The van der Waals surface area contributed by atoms with Crippen molar-refractivity contribution in [2.45, 2.75) is 11.6 Å². The number of methoxy groups -OCH3 is 1. The zero-order chi connectivity index (χ0) is 19.2. The standard InChI is InChI=1S/C19H19BrN4O2S/c1-24-17(11-13-3-9-16(26-2)10-4-13)22-23-19(24)27-12-18(25)21-15-7-5-14(20)6-8-15/h3-10H,11-12H2,1-2H3,(H,21,25). The number of ether oxygens (including phenoxy) is 1. The minimum absolute atomic E-state index is 0.0815. The van der Waals surface area contributed by atoms with E-state index in [1.54, 1.807) is 7.11 Å². The molecule has 0 radical (unpaired) electrons. The second kappa shape index (κ2) is 9.05. The summed E-state index contributed by atoms with van der Waals surface area (Å²) in [6.45, 7) is 0. The minimum atomic E-state index is -0.0815. The number of amides is 1. The van der Waals surface area contributed by atoms with Crippen LogP contribution in [0.1, 0.15) is 11.4 Å². The van der Waals surface area contributed by atoms with Crippen molar-refractivity contribution >= 4 is 39.3 Å². The fourth-order valence-corrected chi connectivity index (χ4v) is 3.41. The molecule has 0 saturated heterocycles. The quantitative estimate of drug-likeness (QED) is 0.557. The van der Waals surface area contributed by atoms with Crippen LogP contribution in [-0.4, -0.2) is 33.5 Å². The Morgan fingerprint density at radius 2 is 1.85 bits per heavy atom. The van der Waals surface area contributed by atoms with Gasteiger partial charge in [-0.2, -0.15) is 0 Å². The van der Waals surface area contributed by atoms with Crippen LogP contribution >= 0.6 is 27.7 Å². The molecule has 0 fully saturated rings. The number of hydrogen-bond donors (Lipinski definition) is 1. The van der Waals surface area contributed by atoms with Crippen LogP contribution in [0.5, 0.6) is 5.75 Å². The van der Waals surface area contributed by atoms with Crippen LogP contribution in [0.25, 0.3) is 0 Å². The summed E-state index contributed by atoms with van der Waals surface area (Å²) in [7, 11) is 3.56. The SMILES string of the molecule is COc1ccc(Cc2nnc(SCC(=O)Nc3ccc(Br)cc3)n2C)cc1. The normalized spacial score (nSPS) is 10.6. The molecule has 1 amide bonds. The average Bonchev–Trinajstić information content (AvgIpc) is 3.02. The third kappa shape index (κ3) is 5.33. The largest absolute Gasteiger partial charge is 0.497 e. The maximum atomic E-state index is 12.1. The average molecular weight is 447 g/mol. The van der Waals surface area contributed by atoms with Crippen LogP contribution in [-0.2, 0) is 18.3 Å². The van der Waals surface area contributed by atoms with Crippen LogP contribution in [0.4, 0.5) is 5.69 Å². The summed E-state index contributed by atoms with van der Waals surface area (Å²) >= 11 is 4.74. The number of nitrogens with zero attached hydrogens (tertiary/aromatic N) is 3. The summed E-state index contributed by atoms with van der Waals surface area (Å²) in [6, 6.07) is 15.3. The van der Waals surface area contributed by atoms with Gasteiger partial charge in [0.15, 0.2) is 5.16 Å². The number of aromatic nitrogens is 3. The second-order valence-corrected chi connectivity index (χ2v) is 7.68. The van der Waals surface area contributed by atoms with Crippen molar-refractivity contribution in [3.63, 3.8) is 0 Å². The van der Waals surface area contributed by atoms with Crippen molar-refractivity contribution in [3.05, 3.63) is 64.4 Å². The molecular weight excluding hydrogens is 428 g/mol. The van der Waals surface area contributed by atoms with Crippen LogP contribution in [0.3, 0.4) is 0 Å². The van der Waals surface area contributed by atoms with Gasteiger partial charge in [-0.1, -0.05) is 39.8 Å². The molecule has 0 atom stereocenters. The Bertz CT molecular complexity index is 910. The van der Waals surface area contributed by atoms with Gasteiger partial charge < -0.3 is 14.6 Å². The molecule has 1 aromatic heterocycles. The van der Waals surface area contributed by atoms with Gasteiger partial charge in [0.25, 0.3) is 0 Å². The van der Waals surface area contributed by atoms with Crippen molar-refractivity contribution in [2.24, 2.45) is 7.05 Å². The van der Waals surface area contributed by atoms with E-state index in [-0.39, 0.29) is 11.7 Å². The van der Waals surface area contributed by atoms with Crippen LogP contribution < -0.4 is 10.1 Å². The number of thioether (sulfide) groups is 1.